The molecule has 6 nitrogen and oxygen atoms in total. The summed E-state index contributed by atoms with van der Waals surface area (Å²) in [6.45, 7) is -0.188. The molecule has 26 heavy (non-hydrogen) atoms. The summed E-state index contributed by atoms with van der Waals surface area (Å²) >= 11 is 0. The van der Waals surface area contributed by atoms with Gasteiger partial charge in [-0.25, -0.2) is 4.79 Å². The van der Waals surface area contributed by atoms with E-state index in [9.17, 15) is 14.7 Å². The predicted molar refractivity (Wildman–Crippen MR) is 97.5 cm³/mol. The molecule has 0 aliphatic carbocycles. The van der Waals surface area contributed by atoms with E-state index in [1.807, 2.05) is 36.4 Å². The van der Waals surface area contributed by atoms with E-state index in [0.29, 0.717) is 11.4 Å². The predicted octanol–water partition coefficient (Wildman–Crippen LogP) is 3.35. The minimum Gasteiger partial charge on any atom is -0.507 e. The van der Waals surface area contributed by atoms with Gasteiger partial charge >= 0.3 is 5.97 Å². The number of amides is 1. The number of hydrogen-bond donors (Lipinski definition) is 2. The van der Waals surface area contributed by atoms with E-state index in [4.69, 9.17) is 4.74 Å². The lowest BCUT2D eigenvalue weighted by Gasteiger charge is -2.10. The highest BCUT2D eigenvalue weighted by atomic mass is 16.5. The fourth-order valence-electron chi connectivity index (χ4n) is 2.49. The van der Waals surface area contributed by atoms with Crippen LogP contribution in [-0.2, 0) is 9.53 Å². The van der Waals surface area contributed by atoms with Gasteiger partial charge in [0.25, 0.3) is 5.91 Å². The molecule has 1 amide bonds. The Hall–Kier alpha value is -3.54. The van der Waals surface area contributed by atoms with Crippen LogP contribution in [0, 0.1) is 0 Å². The molecule has 0 saturated heterocycles. The zero-order chi connectivity index (χ0) is 18.5. The Morgan fingerprint density at radius 3 is 2.54 bits per heavy atom. The van der Waals surface area contributed by atoms with Crippen LogP contribution in [0.15, 0.2) is 60.7 Å². The second kappa shape index (κ2) is 7.57. The molecule has 3 rings (SSSR count). The van der Waals surface area contributed by atoms with Crippen molar-refractivity contribution in [2.45, 2.75) is 0 Å². The van der Waals surface area contributed by atoms with Crippen molar-refractivity contribution >= 4 is 28.3 Å². The van der Waals surface area contributed by atoms with Crippen LogP contribution in [0.1, 0.15) is 10.4 Å². The highest BCUT2D eigenvalue weighted by Gasteiger charge is 2.13. The van der Waals surface area contributed by atoms with Crippen molar-refractivity contribution in [1.82, 2.24) is 0 Å². The lowest BCUT2D eigenvalue weighted by Crippen LogP contribution is -2.20. The molecule has 132 valence electrons. The van der Waals surface area contributed by atoms with Gasteiger partial charge in [0.05, 0.1) is 7.11 Å². The molecule has 2 N–H and O–H groups in total. The van der Waals surface area contributed by atoms with Gasteiger partial charge in [0, 0.05) is 5.69 Å². The van der Waals surface area contributed by atoms with E-state index in [1.165, 1.54) is 25.3 Å². The van der Waals surface area contributed by atoms with Crippen molar-refractivity contribution in [2.24, 2.45) is 0 Å². The number of hydrogen-bond acceptors (Lipinski definition) is 5. The first kappa shape index (κ1) is 17.3. The van der Waals surface area contributed by atoms with E-state index >= 15 is 0 Å². The van der Waals surface area contributed by atoms with Crippen molar-refractivity contribution < 1.29 is 24.2 Å². The normalized spacial score (nSPS) is 10.3. The Morgan fingerprint density at radius 1 is 1.00 bits per heavy atom. The number of rotatable bonds is 5. The lowest BCUT2D eigenvalue weighted by atomic mass is 10.1. The van der Waals surface area contributed by atoms with Gasteiger partial charge in [0.1, 0.15) is 17.1 Å². The molecule has 6 heteroatoms. The van der Waals surface area contributed by atoms with Crippen LogP contribution in [0.25, 0.3) is 10.8 Å². The molecule has 0 saturated carbocycles. The van der Waals surface area contributed by atoms with Gasteiger partial charge in [-0.3, -0.25) is 4.79 Å². The van der Waals surface area contributed by atoms with Crippen molar-refractivity contribution in [1.29, 1.82) is 0 Å². The van der Waals surface area contributed by atoms with Crippen LogP contribution in [0.5, 0.6) is 11.5 Å². The number of carbonyl (C=O) groups excluding carboxylic acids is 2. The largest absolute Gasteiger partial charge is 0.507 e. The summed E-state index contributed by atoms with van der Waals surface area (Å²) in [7, 11) is 1.21. The fourth-order valence-corrected chi connectivity index (χ4v) is 2.49. The number of benzene rings is 3. The van der Waals surface area contributed by atoms with Gasteiger partial charge in [0.2, 0.25) is 0 Å². The number of phenols is 1. The molecule has 0 heterocycles. The molecule has 3 aromatic rings. The third-order valence-electron chi connectivity index (χ3n) is 3.78. The van der Waals surface area contributed by atoms with Crippen molar-refractivity contribution in [3.05, 3.63) is 66.2 Å². The second-order valence-electron chi connectivity index (χ2n) is 5.57. The van der Waals surface area contributed by atoms with E-state index in [1.54, 1.807) is 6.07 Å². The van der Waals surface area contributed by atoms with Crippen LogP contribution >= 0.6 is 0 Å². The fraction of sp³-hybridized carbons (Fsp3) is 0.100. The summed E-state index contributed by atoms with van der Waals surface area (Å²) in [5, 5.41) is 14.4. The van der Waals surface area contributed by atoms with Gasteiger partial charge in [-0.15, -0.1) is 0 Å². The minimum atomic E-state index is -0.689. The Labute approximate surface area is 150 Å². The third kappa shape index (κ3) is 3.92. The van der Waals surface area contributed by atoms with Gasteiger partial charge in [0.15, 0.2) is 6.61 Å². The molecule has 0 bridgehead atoms. The van der Waals surface area contributed by atoms with Gasteiger partial charge in [-0.1, -0.05) is 30.3 Å². The number of phenolic OH excluding ortho intramolecular Hbond substituents is 1. The SMILES string of the molecule is COC(=O)c1cc(NC(=O)COc2ccc3ccccc3c2)ccc1O. The maximum absolute atomic E-state index is 12.1. The summed E-state index contributed by atoms with van der Waals surface area (Å²) in [5.41, 5.74) is 0.330. The molecule has 0 aliphatic rings. The van der Waals surface area contributed by atoms with Gasteiger partial charge < -0.3 is 19.9 Å². The zero-order valence-corrected chi connectivity index (χ0v) is 14.1. The van der Waals surface area contributed by atoms with Crippen molar-refractivity contribution in [2.75, 3.05) is 19.0 Å². The summed E-state index contributed by atoms with van der Waals surface area (Å²) < 4.78 is 10.1. The molecule has 0 spiro atoms. The van der Waals surface area contributed by atoms with Crippen LogP contribution in [0.3, 0.4) is 0 Å². The molecule has 0 aromatic heterocycles. The van der Waals surface area contributed by atoms with Crippen molar-refractivity contribution in [3.8, 4) is 11.5 Å². The first-order valence-electron chi connectivity index (χ1n) is 7.89. The average Bonchev–Trinajstić information content (AvgIpc) is 2.67. The van der Waals surface area contributed by atoms with E-state index in [0.717, 1.165) is 10.8 Å². The Morgan fingerprint density at radius 2 is 1.77 bits per heavy atom. The standard InChI is InChI=1S/C20H17NO5/c1-25-20(24)17-11-15(7-9-18(17)22)21-19(23)12-26-16-8-6-13-4-2-3-5-14(13)10-16/h2-11,22H,12H2,1H3,(H,21,23). The monoisotopic (exact) mass is 351 g/mol. The smallest absolute Gasteiger partial charge is 0.341 e. The van der Waals surface area contributed by atoms with Crippen LogP contribution < -0.4 is 10.1 Å². The Balaban J connectivity index is 1.64. The molecular formula is C20H17NO5. The van der Waals surface area contributed by atoms with E-state index in [2.05, 4.69) is 10.1 Å². The first-order chi connectivity index (χ1) is 12.6. The highest BCUT2D eigenvalue weighted by molar-refractivity contribution is 5.96. The molecule has 0 aliphatic heterocycles. The van der Waals surface area contributed by atoms with Crippen LogP contribution in [0.4, 0.5) is 5.69 Å². The Kier molecular flexibility index (Phi) is 5.03. The van der Waals surface area contributed by atoms with Gasteiger partial charge in [-0.2, -0.15) is 0 Å². The summed E-state index contributed by atoms with van der Waals surface area (Å²) in [5.74, 6) is -0.715. The maximum atomic E-state index is 12.1. The topological polar surface area (TPSA) is 84.9 Å². The van der Waals surface area contributed by atoms with E-state index in [-0.39, 0.29) is 23.8 Å². The number of fused-ring (bicyclic) bond motifs is 1. The molecule has 3 aromatic carbocycles. The number of esters is 1. The highest BCUT2D eigenvalue weighted by Crippen LogP contribution is 2.23. The first-order valence-corrected chi connectivity index (χ1v) is 7.89. The number of methoxy groups -OCH3 is 1. The average molecular weight is 351 g/mol. The molecule has 0 unspecified atom stereocenters. The van der Waals surface area contributed by atoms with Crippen LogP contribution in [0.2, 0.25) is 0 Å². The van der Waals surface area contributed by atoms with Gasteiger partial charge in [-0.05, 0) is 41.1 Å². The number of aromatic hydroxyl groups is 1. The summed E-state index contributed by atoms with van der Waals surface area (Å²) in [6.07, 6.45) is 0. The molecular weight excluding hydrogens is 334 g/mol. The number of anilines is 1. The third-order valence-corrected chi connectivity index (χ3v) is 3.78. The molecule has 0 radical (unpaired) electrons. The minimum absolute atomic E-state index is 0.0271. The number of carbonyl (C=O) groups is 2. The molecule has 0 fully saturated rings. The van der Waals surface area contributed by atoms with E-state index < -0.39 is 5.97 Å². The zero-order valence-electron chi connectivity index (χ0n) is 14.1. The summed E-state index contributed by atoms with van der Waals surface area (Å²) in [6, 6.07) is 17.6. The summed E-state index contributed by atoms with van der Waals surface area (Å²) in [4.78, 5) is 23.6. The number of nitrogens with one attached hydrogen (secondary N) is 1. The Bertz CT molecular complexity index is 967. The second-order valence-corrected chi connectivity index (χ2v) is 5.57. The van der Waals surface area contributed by atoms with Crippen LogP contribution in [-0.4, -0.2) is 30.7 Å². The quantitative estimate of drug-likeness (QED) is 0.544. The molecule has 0 atom stereocenters. The number of ether oxygens (including phenoxy) is 2. The van der Waals surface area contributed by atoms with Crippen molar-refractivity contribution in [3.63, 3.8) is 0 Å². The lowest BCUT2D eigenvalue weighted by molar-refractivity contribution is -0.118. The maximum Gasteiger partial charge on any atom is 0.341 e.